The molecule has 17 heavy (non-hydrogen) atoms. The highest BCUT2D eigenvalue weighted by atomic mass is 35.5. The van der Waals surface area contributed by atoms with Crippen LogP contribution in [0.15, 0.2) is 18.2 Å². The van der Waals surface area contributed by atoms with E-state index < -0.39 is 0 Å². The average molecular weight is 257 g/mol. The van der Waals surface area contributed by atoms with Crippen molar-refractivity contribution in [1.29, 1.82) is 0 Å². The van der Waals surface area contributed by atoms with Crippen molar-refractivity contribution in [3.05, 3.63) is 29.3 Å². The number of ether oxygens (including phenoxy) is 1. The molecule has 0 unspecified atom stereocenters. The summed E-state index contributed by atoms with van der Waals surface area (Å²) < 4.78 is 5.39. The molecule has 0 spiro atoms. The molecule has 1 rings (SSSR count). The summed E-state index contributed by atoms with van der Waals surface area (Å²) in [4.78, 5) is 11.2. The van der Waals surface area contributed by atoms with Crippen LogP contribution in [0.3, 0.4) is 0 Å². The maximum absolute atomic E-state index is 11.2. The van der Waals surface area contributed by atoms with Crippen LogP contribution in [-0.2, 0) is 0 Å². The van der Waals surface area contributed by atoms with Gasteiger partial charge in [0.1, 0.15) is 5.75 Å². The van der Waals surface area contributed by atoms with Crippen molar-refractivity contribution in [2.75, 3.05) is 19.2 Å². The minimum atomic E-state index is -0.283. The Morgan fingerprint density at radius 3 is 2.71 bits per heavy atom. The Bertz CT molecular complexity index is 383. The lowest BCUT2D eigenvalue weighted by Gasteiger charge is -2.09. The van der Waals surface area contributed by atoms with Gasteiger partial charge in [-0.05, 0) is 37.1 Å². The summed E-state index contributed by atoms with van der Waals surface area (Å²) in [5, 5.41) is 5.15. The van der Waals surface area contributed by atoms with E-state index in [1.165, 1.54) is 5.56 Å². The number of nitrogens with one attached hydrogen (secondary N) is 2. The highest BCUT2D eigenvalue weighted by molar-refractivity contribution is 6.18. The lowest BCUT2D eigenvalue weighted by atomic mass is 10.1. The normalized spacial score (nSPS) is 9.82. The minimum absolute atomic E-state index is 0.136. The van der Waals surface area contributed by atoms with Crippen LogP contribution in [0.1, 0.15) is 11.1 Å². The number of hydrogen-bond acceptors (Lipinski definition) is 2. The minimum Gasteiger partial charge on any atom is -0.473 e. The van der Waals surface area contributed by atoms with E-state index in [9.17, 15) is 4.79 Å². The van der Waals surface area contributed by atoms with Gasteiger partial charge in [0.2, 0.25) is 0 Å². The summed E-state index contributed by atoms with van der Waals surface area (Å²) in [6, 6.07) is 5.52. The molecule has 0 aliphatic carbocycles. The Balaban J connectivity index is 2.30. The van der Waals surface area contributed by atoms with Crippen molar-refractivity contribution in [2.45, 2.75) is 13.8 Å². The Morgan fingerprint density at radius 1 is 1.29 bits per heavy atom. The summed E-state index contributed by atoms with van der Waals surface area (Å²) in [7, 11) is 0. The zero-order valence-electron chi connectivity index (χ0n) is 10.0. The Kier molecular flexibility index (Phi) is 5.63. The van der Waals surface area contributed by atoms with Crippen LogP contribution in [-0.4, -0.2) is 25.2 Å². The average Bonchev–Trinajstić information content (AvgIpc) is 2.31. The van der Waals surface area contributed by atoms with Gasteiger partial charge in [0.15, 0.2) is 6.73 Å². The van der Waals surface area contributed by atoms with E-state index in [0.717, 1.165) is 11.3 Å². The van der Waals surface area contributed by atoms with Crippen LogP contribution in [0, 0.1) is 13.8 Å². The van der Waals surface area contributed by atoms with Gasteiger partial charge in [0.05, 0.1) is 0 Å². The van der Waals surface area contributed by atoms with E-state index in [2.05, 4.69) is 10.6 Å². The Labute approximate surface area is 106 Å². The summed E-state index contributed by atoms with van der Waals surface area (Å²) in [6.45, 7) is 4.63. The molecule has 1 aromatic rings. The molecule has 0 saturated carbocycles. The molecular weight excluding hydrogens is 240 g/mol. The van der Waals surface area contributed by atoms with E-state index in [0.29, 0.717) is 12.4 Å². The topological polar surface area (TPSA) is 50.4 Å². The molecule has 1 aromatic carbocycles. The second-order valence-electron chi connectivity index (χ2n) is 3.66. The fourth-order valence-corrected chi connectivity index (χ4v) is 1.31. The number of alkyl halides is 1. The summed E-state index contributed by atoms with van der Waals surface area (Å²) in [6.07, 6.45) is 0. The second kappa shape index (κ2) is 7.01. The van der Waals surface area contributed by atoms with E-state index >= 15 is 0 Å². The lowest BCUT2D eigenvalue weighted by molar-refractivity contribution is 0.224. The molecule has 0 saturated heterocycles. The zero-order chi connectivity index (χ0) is 12.7. The van der Waals surface area contributed by atoms with Gasteiger partial charge in [0.25, 0.3) is 0 Å². The molecule has 94 valence electrons. The summed E-state index contributed by atoms with van der Waals surface area (Å²) in [5.41, 5.74) is 2.37. The van der Waals surface area contributed by atoms with Crippen LogP contribution in [0.4, 0.5) is 4.79 Å². The molecule has 0 aromatic heterocycles. The van der Waals surface area contributed by atoms with E-state index in [1.807, 2.05) is 32.0 Å². The largest absolute Gasteiger partial charge is 0.473 e. The molecule has 0 aliphatic rings. The lowest BCUT2D eigenvalue weighted by Crippen LogP contribution is -2.38. The van der Waals surface area contributed by atoms with Crippen molar-refractivity contribution in [3.63, 3.8) is 0 Å². The van der Waals surface area contributed by atoms with Gasteiger partial charge in [-0.3, -0.25) is 0 Å². The van der Waals surface area contributed by atoms with Crippen molar-refractivity contribution < 1.29 is 9.53 Å². The van der Waals surface area contributed by atoms with Gasteiger partial charge in [-0.2, -0.15) is 0 Å². The fraction of sp³-hybridized carbons (Fsp3) is 0.417. The molecule has 2 amide bonds. The van der Waals surface area contributed by atoms with E-state index in [1.54, 1.807) is 0 Å². The van der Waals surface area contributed by atoms with Crippen LogP contribution in [0.5, 0.6) is 5.75 Å². The van der Waals surface area contributed by atoms with Gasteiger partial charge >= 0.3 is 6.03 Å². The zero-order valence-corrected chi connectivity index (χ0v) is 10.8. The summed E-state index contributed by atoms with van der Waals surface area (Å²) in [5.74, 6) is 1.14. The van der Waals surface area contributed by atoms with Gasteiger partial charge in [-0.1, -0.05) is 6.07 Å². The highest BCUT2D eigenvalue weighted by Gasteiger charge is 2.00. The number of benzene rings is 1. The van der Waals surface area contributed by atoms with Crippen LogP contribution in [0.25, 0.3) is 0 Å². The third-order valence-electron chi connectivity index (χ3n) is 2.33. The van der Waals surface area contributed by atoms with E-state index in [-0.39, 0.29) is 12.8 Å². The number of carbonyl (C=O) groups is 1. The standard InChI is InChI=1S/C12H17ClN2O2/c1-9-3-4-11(7-10(9)2)17-8-15-12(16)14-6-5-13/h3-4,7H,5-6,8H2,1-2H3,(H2,14,15,16). The number of carbonyl (C=O) groups excluding carboxylic acids is 1. The first kappa shape index (κ1) is 13.6. The van der Waals surface area contributed by atoms with Crippen LogP contribution in [0.2, 0.25) is 0 Å². The first-order chi connectivity index (χ1) is 8.13. The van der Waals surface area contributed by atoms with Crippen LogP contribution < -0.4 is 15.4 Å². The molecule has 4 nitrogen and oxygen atoms in total. The van der Waals surface area contributed by atoms with Crippen molar-refractivity contribution >= 4 is 17.6 Å². The maximum Gasteiger partial charge on any atom is 0.317 e. The fourth-order valence-electron chi connectivity index (χ4n) is 1.21. The van der Waals surface area contributed by atoms with Gasteiger partial charge in [0, 0.05) is 12.4 Å². The number of hydrogen-bond donors (Lipinski definition) is 2. The highest BCUT2D eigenvalue weighted by Crippen LogP contribution is 2.15. The predicted octanol–water partition coefficient (Wildman–Crippen LogP) is 2.18. The number of urea groups is 1. The van der Waals surface area contributed by atoms with Gasteiger partial charge in [-0.15, -0.1) is 11.6 Å². The Hall–Kier alpha value is -1.42. The maximum atomic E-state index is 11.2. The SMILES string of the molecule is Cc1ccc(OCNC(=O)NCCCl)cc1C. The predicted molar refractivity (Wildman–Crippen MR) is 68.7 cm³/mol. The van der Waals surface area contributed by atoms with Crippen molar-refractivity contribution in [2.24, 2.45) is 0 Å². The van der Waals surface area contributed by atoms with Crippen molar-refractivity contribution in [3.8, 4) is 5.75 Å². The monoisotopic (exact) mass is 256 g/mol. The molecule has 0 aliphatic heterocycles. The smallest absolute Gasteiger partial charge is 0.317 e. The first-order valence-corrected chi connectivity index (χ1v) is 5.94. The molecule has 5 heteroatoms. The third kappa shape index (κ3) is 4.95. The molecule has 0 bridgehead atoms. The second-order valence-corrected chi connectivity index (χ2v) is 4.03. The first-order valence-electron chi connectivity index (χ1n) is 5.41. The van der Waals surface area contributed by atoms with Gasteiger partial charge < -0.3 is 15.4 Å². The molecule has 0 radical (unpaired) electrons. The number of amides is 2. The Morgan fingerprint density at radius 2 is 2.06 bits per heavy atom. The molecule has 0 heterocycles. The van der Waals surface area contributed by atoms with Gasteiger partial charge in [-0.25, -0.2) is 4.79 Å². The molecular formula is C12H17ClN2O2. The number of rotatable bonds is 5. The quantitative estimate of drug-likeness (QED) is 0.627. The summed E-state index contributed by atoms with van der Waals surface area (Å²) >= 11 is 5.43. The van der Waals surface area contributed by atoms with E-state index in [4.69, 9.17) is 16.3 Å². The third-order valence-corrected chi connectivity index (χ3v) is 2.52. The van der Waals surface area contributed by atoms with Crippen molar-refractivity contribution in [1.82, 2.24) is 10.6 Å². The molecule has 0 atom stereocenters. The van der Waals surface area contributed by atoms with Crippen LogP contribution >= 0.6 is 11.6 Å². The number of aryl methyl sites for hydroxylation is 2. The molecule has 0 fully saturated rings. The molecule has 2 N–H and O–H groups in total. The number of halogens is 1.